The molecule has 0 rings (SSSR count). The van der Waals surface area contributed by atoms with Gasteiger partial charge >= 0.3 is 0 Å². The van der Waals surface area contributed by atoms with Crippen molar-refractivity contribution in [2.75, 3.05) is 0 Å². The van der Waals surface area contributed by atoms with Crippen LogP contribution in [-0.4, -0.2) is 5.11 Å². The second-order valence-electron chi connectivity index (χ2n) is 1.94. The van der Waals surface area contributed by atoms with Crippen LogP contribution >= 0.6 is 23.2 Å². The minimum atomic E-state index is 0.0224. The number of allylic oxidation sites excluding steroid dienone is 5. The van der Waals surface area contributed by atoms with Gasteiger partial charge in [0.05, 0.1) is 5.03 Å². The molecule has 1 N–H and O–H groups in total. The first-order valence-electron chi connectivity index (χ1n) is 3.13. The van der Waals surface area contributed by atoms with Gasteiger partial charge in [-0.2, -0.15) is 0 Å². The van der Waals surface area contributed by atoms with Gasteiger partial charge in [-0.15, -0.1) is 0 Å². The topological polar surface area (TPSA) is 20.2 Å². The highest BCUT2D eigenvalue weighted by molar-refractivity contribution is 6.31. The second kappa shape index (κ2) is 5.28. The lowest BCUT2D eigenvalue weighted by Gasteiger charge is -1.93. The van der Waals surface area contributed by atoms with Crippen molar-refractivity contribution in [3.05, 3.63) is 34.1 Å². The molecular weight excluding hydrogens is 183 g/mol. The molecular formula is C8H10Cl2O. The summed E-state index contributed by atoms with van der Waals surface area (Å²) in [5.74, 6) is 0.0224. The van der Waals surface area contributed by atoms with Crippen LogP contribution in [0, 0.1) is 0 Å². The van der Waals surface area contributed by atoms with Crippen molar-refractivity contribution in [3.8, 4) is 0 Å². The maximum atomic E-state index is 9.12. The van der Waals surface area contributed by atoms with Gasteiger partial charge in [0.1, 0.15) is 5.76 Å². The molecule has 0 saturated heterocycles. The van der Waals surface area contributed by atoms with Gasteiger partial charge in [0.25, 0.3) is 0 Å². The summed E-state index contributed by atoms with van der Waals surface area (Å²) in [6.07, 6.45) is 4.62. The Labute approximate surface area is 76.6 Å². The van der Waals surface area contributed by atoms with E-state index in [4.69, 9.17) is 28.3 Å². The van der Waals surface area contributed by atoms with Gasteiger partial charge in [-0.25, -0.2) is 0 Å². The smallest absolute Gasteiger partial charge is 0.133 e. The molecule has 62 valence electrons. The number of hydrogen-bond donors (Lipinski definition) is 1. The highest BCUT2D eigenvalue weighted by Gasteiger charge is 1.93. The summed E-state index contributed by atoms with van der Waals surface area (Å²) in [4.78, 5) is 0. The molecule has 0 atom stereocenters. The average molecular weight is 193 g/mol. The summed E-state index contributed by atoms with van der Waals surface area (Å²) < 4.78 is 0. The number of halogens is 2. The van der Waals surface area contributed by atoms with Gasteiger partial charge in [0.2, 0.25) is 0 Å². The Morgan fingerprint density at radius 3 is 2.18 bits per heavy atom. The van der Waals surface area contributed by atoms with Gasteiger partial charge in [0, 0.05) is 5.03 Å². The normalized spacial score (nSPS) is 15.5. The summed E-state index contributed by atoms with van der Waals surface area (Å²) in [6.45, 7) is 3.46. The van der Waals surface area contributed by atoms with Crippen molar-refractivity contribution in [2.24, 2.45) is 0 Å². The Balaban J connectivity index is 4.36. The lowest BCUT2D eigenvalue weighted by atomic mass is 10.3. The quantitative estimate of drug-likeness (QED) is 0.523. The first-order valence-corrected chi connectivity index (χ1v) is 3.88. The third-order valence-electron chi connectivity index (χ3n) is 0.969. The Hall–Kier alpha value is -0.400. The van der Waals surface area contributed by atoms with Crippen LogP contribution in [-0.2, 0) is 0 Å². The predicted molar refractivity (Wildman–Crippen MR) is 49.9 cm³/mol. The van der Waals surface area contributed by atoms with E-state index in [1.165, 1.54) is 6.08 Å². The number of aliphatic hydroxyl groups excluding tert-OH is 1. The molecule has 11 heavy (non-hydrogen) atoms. The Bertz CT molecular complexity index is 210. The molecule has 0 bridgehead atoms. The molecule has 0 spiro atoms. The van der Waals surface area contributed by atoms with E-state index in [0.29, 0.717) is 10.1 Å². The minimum absolute atomic E-state index is 0.0224. The monoisotopic (exact) mass is 192 g/mol. The van der Waals surface area contributed by atoms with E-state index >= 15 is 0 Å². The lowest BCUT2D eigenvalue weighted by Crippen LogP contribution is -1.78. The predicted octanol–water partition coefficient (Wildman–Crippen LogP) is 3.71. The zero-order valence-electron chi connectivity index (χ0n) is 6.44. The SMILES string of the molecule is C\C=C(Cl)/C(O)=C\C=C(/C)Cl. The lowest BCUT2D eigenvalue weighted by molar-refractivity contribution is 0.429. The van der Waals surface area contributed by atoms with E-state index in [2.05, 4.69) is 0 Å². The zero-order valence-corrected chi connectivity index (χ0v) is 7.95. The van der Waals surface area contributed by atoms with E-state index in [-0.39, 0.29) is 5.76 Å². The minimum Gasteiger partial charge on any atom is -0.506 e. The number of hydrogen-bond acceptors (Lipinski definition) is 1. The molecule has 0 aliphatic heterocycles. The molecule has 0 aromatic rings. The first-order chi connectivity index (χ1) is 5.07. The third-order valence-corrected chi connectivity index (χ3v) is 1.51. The second-order valence-corrected chi connectivity index (χ2v) is 2.95. The van der Waals surface area contributed by atoms with Crippen LogP contribution in [0.25, 0.3) is 0 Å². The average Bonchev–Trinajstić information content (AvgIpc) is 1.98. The number of rotatable bonds is 2. The first kappa shape index (κ1) is 10.6. The summed E-state index contributed by atoms with van der Waals surface area (Å²) in [5, 5.41) is 10.0. The molecule has 0 unspecified atom stereocenters. The van der Waals surface area contributed by atoms with E-state index in [1.807, 2.05) is 0 Å². The fraction of sp³-hybridized carbons (Fsp3) is 0.250. The molecule has 0 radical (unpaired) electrons. The molecule has 0 heterocycles. The number of aliphatic hydroxyl groups is 1. The van der Waals surface area contributed by atoms with E-state index in [0.717, 1.165) is 0 Å². The van der Waals surface area contributed by atoms with Gasteiger partial charge in [-0.3, -0.25) is 0 Å². The molecule has 1 nitrogen and oxygen atoms in total. The molecule has 0 fully saturated rings. The van der Waals surface area contributed by atoms with Crippen molar-refractivity contribution in [1.82, 2.24) is 0 Å². The van der Waals surface area contributed by atoms with Gasteiger partial charge < -0.3 is 5.11 Å². The van der Waals surface area contributed by atoms with E-state index < -0.39 is 0 Å². The Kier molecular flexibility index (Phi) is 5.08. The maximum Gasteiger partial charge on any atom is 0.133 e. The van der Waals surface area contributed by atoms with Crippen LogP contribution in [0.15, 0.2) is 34.1 Å². The van der Waals surface area contributed by atoms with Crippen LogP contribution in [0.4, 0.5) is 0 Å². The molecule has 0 aliphatic rings. The van der Waals surface area contributed by atoms with Crippen LogP contribution in [0.1, 0.15) is 13.8 Å². The van der Waals surface area contributed by atoms with Crippen molar-refractivity contribution in [2.45, 2.75) is 13.8 Å². The largest absolute Gasteiger partial charge is 0.506 e. The zero-order chi connectivity index (χ0) is 8.85. The molecule has 0 amide bonds. The van der Waals surface area contributed by atoms with Crippen LogP contribution in [0.2, 0.25) is 0 Å². The fourth-order valence-corrected chi connectivity index (χ4v) is 0.547. The summed E-state index contributed by atoms with van der Waals surface area (Å²) >= 11 is 11.1. The third kappa shape index (κ3) is 4.93. The van der Waals surface area contributed by atoms with Gasteiger partial charge in [-0.05, 0) is 26.0 Å². The molecule has 0 aromatic heterocycles. The van der Waals surface area contributed by atoms with Crippen molar-refractivity contribution in [1.29, 1.82) is 0 Å². The maximum absolute atomic E-state index is 9.12. The van der Waals surface area contributed by atoms with Crippen molar-refractivity contribution < 1.29 is 5.11 Å². The molecule has 0 aromatic carbocycles. The standard InChI is InChI=1S/C8H10Cl2O/c1-3-7(10)8(11)5-4-6(2)9/h3-5,11H,1-2H3/b6-4+,7-3+,8-5+. The van der Waals surface area contributed by atoms with E-state index in [1.54, 1.807) is 26.0 Å². The van der Waals surface area contributed by atoms with Crippen molar-refractivity contribution >= 4 is 23.2 Å². The van der Waals surface area contributed by atoms with Gasteiger partial charge in [0.15, 0.2) is 0 Å². The van der Waals surface area contributed by atoms with Gasteiger partial charge in [-0.1, -0.05) is 29.3 Å². The van der Waals surface area contributed by atoms with E-state index in [9.17, 15) is 0 Å². The molecule has 0 aliphatic carbocycles. The molecule has 0 saturated carbocycles. The van der Waals surface area contributed by atoms with Crippen LogP contribution < -0.4 is 0 Å². The summed E-state index contributed by atoms with van der Waals surface area (Å²) in [5.41, 5.74) is 0. The van der Waals surface area contributed by atoms with Crippen LogP contribution in [0.3, 0.4) is 0 Å². The summed E-state index contributed by atoms with van der Waals surface area (Å²) in [6, 6.07) is 0. The Morgan fingerprint density at radius 1 is 1.27 bits per heavy atom. The molecule has 3 heteroatoms. The fourth-order valence-electron chi connectivity index (χ4n) is 0.421. The summed E-state index contributed by atoms with van der Waals surface area (Å²) in [7, 11) is 0. The Morgan fingerprint density at radius 2 is 1.82 bits per heavy atom. The van der Waals surface area contributed by atoms with Crippen LogP contribution in [0.5, 0.6) is 0 Å². The highest BCUT2D eigenvalue weighted by Crippen LogP contribution is 2.11. The highest BCUT2D eigenvalue weighted by atomic mass is 35.5. The van der Waals surface area contributed by atoms with Crippen molar-refractivity contribution in [3.63, 3.8) is 0 Å².